The SMILES string of the molecule is C[C@@H](NC(=O)CNc1cccc([N+](=O)[O-])c1)c1ccc(F)cc1F. The number of hydrogen-bond acceptors (Lipinski definition) is 4. The molecular formula is C16H15F2N3O3. The van der Waals surface area contributed by atoms with E-state index in [1.807, 2.05) is 0 Å². The molecule has 0 unspecified atom stereocenters. The fourth-order valence-electron chi connectivity index (χ4n) is 2.13. The fourth-order valence-corrected chi connectivity index (χ4v) is 2.13. The van der Waals surface area contributed by atoms with Crippen LogP contribution in [0.15, 0.2) is 42.5 Å². The first kappa shape index (κ1) is 17.3. The van der Waals surface area contributed by atoms with Gasteiger partial charge in [0, 0.05) is 29.4 Å². The Hall–Kier alpha value is -3.03. The topological polar surface area (TPSA) is 84.3 Å². The monoisotopic (exact) mass is 335 g/mol. The van der Waals surface area contributed by atoms with Crippen molar-refractivity contribution in [2.75, 3.05) is 11.9 Å². The molecule has 2 rings (SSSR count). The number of rotatable bonds is 6. The van der Waals surface area contributed by atoms with Crippen molar-refractivity contribution < 1.29 is 18.5 Å². The maximum Gasteiger partial charge on any atom is 0.271 e. The third kappa shape index (κ3) is 4.48. The van der Waals surface area contributed by atoms with Crippen LogP contribution in [-0.2, 0) is 4.79 Å². The van der Waals surface area contributed by atoms with E-state index in [2.05, 4.69) is 10.6 Å². The maximum absolute atomic E-state index is 13.7. The van der Waals surface area contributed by atoms with Crippen LogP contribution in [0.3, 0.4) is 0 Å². The van der Waals surface area contributed by atoms with E-state index in [9.17, 15) is 23.7 Å². The summed E-state index contributed by atoms with van der Waals surface area (Å²) in [4.78, 5) is 22.0. The number of amides is 1. The zero-order valence-electron chi connectivity index (χ0n) is 12.8. The molecule has 24 heavy (non-hydrogen) atoms. The van der Waals surface area contributed by atoms with Gasteiger partial charge in [0.1, 0.15) is 11.6 Å². The minimum Gasteiger partial charge on any atom is -0.376 e. The Morgan fingerprint density at radius 3 is 2.67 bits per heavy atom. The molecule has 0 aliphatic rings. The number of halogens is 2. The maximum atomic E-state index is 13.7. The van der Waals surface area contributed by atoms with Crippen LogP contribution in [0.25, 0.3) is 0 Å². The zero-order chi connectivity index (χ0) is 17.7. The van der Waals surface area contributed by atoms with E-state index < -0.39 is 28.5 Å². The van der Waals surface area contributed by atoms with Crippen LogP contribution in [0.5, 0.6) is 0 Å². The van der Waals surface area contributed by atoms with Gasteiger partial charge < -0.3 is 10.6 Å². The summed E-state index contributed by atoms with van der Waals surface area (Å²) >= 11 is 0. The Bertz CT molecular complexity index is 768. The fraction of sp³-hybridized carbons (Fsp3) is 0.188. The number of nitro benzene ring substituents is 1. The number of benzene rings is 2. The number of nitrogens with zero attached hydrogens (tertiary/aromatic N) is 1. The molecular weight excluding hydrogens is 320 g/mol. The smallest absolute Gasteiger partial charge is 0.271 e. The van der Waals surface area contributed by atoms with Crippen LogP contribution < -0.4 is 10.6 Å². The van der Waals surface area contributed by atoms with Gasteiger partial charge in [-0.05, 0) is 19.1 Å². The summed E-state index contributed by atoms with van der Waals surface area (Å²) in [5.41, 5.74) is 0.488. The summed E-state index contributed by atoms with van der Waals surface area (Å²) in [6, 6.07) is 8.20. The van der Waals surface area contributed by atoms with E-state index in [0.717, 1.165) is 12.1 Å². The Kier molecular flexibility index (Phi) is 5.41. The number of carbonyl (C=O) groups is 1. The highest BCUT2D eigenvalue weighted by molar-refractivity contribution is 5.81. The van der Waals surface area contributed by atoms with Crippen molar-refractivity contribution in [3.8, 4) is 0 Å². The minimum atomic E-state index is -0.741. The van der Waals surface area contributed by atoms with E-state index >= 15 is 0 Å². The molecule has 126 valence electrons. The molecule has 0 radical (unpaired) electrons. The number of hydrogen-bond donors (Lipinski definition) is 2. The van der Waals surface area contributed by atoms with Gasteiger partial charge in [-0.2, -0.15) is 0 Å². The van der Waals surface area contributed by atoms with Gasteiger partial charge in [-0.15, -0.1) is 0 Å². The molecule has 0 aromatic heterocycles. The third-order valence-electron chi connectivity index (χ3n) is 3.32. The quantitative estimate of drug-likeness (QED) is 0.627. The minimum absolute atomic E-state index is 0.0952. The van der Waals surface area contributed by atoms with Gasteiger partial charge in [0.2, 0.25) is 5.91 Å². The first-order valence-electron chi connectivity index (χ1n) is 7.09. The number of carbonyl (C=O) groups excluding carboxylic acids is 1. The van der Waals surface area contributed by atoms with E-state index in [4.69, 9.17) is 0 Å². The second-order valence-electron chi connectivity index (χ2n) is 5.12. The Labute approximate surface area is 136 Å². The van der Waals surface area contributed by atoms with E-state index in [1.54, 1.807) is 13.0 Å². The summed E-state index contributed by atoms with van der Waals surface area (Å²) in [5, 5.41) is 16.0. The van der Waals surface area contributed by atoms with Crippen molar-refractivity contribution >= 4 is 17.3 Å². The van der Waals surface area contributed by atoms with E-state index in [0.29, 0.717) is 5.69 Å². The molecule has 0 saturated carbocycles. The highest BCUT2D eigenvalue weighted by Gasteiger charge is 2.14. The average Bonchev–Trinajstić information content (AvgIpc) is 2.53. The van der Waals surface area contributed by atoms with E-state index in [1.165, 1.54) is 24.3 Å². The van der Waals surface area contributed by atoms with Crippen LogP contribution in [0.1, 0.15) is 18.5 Å². The summed E-state index contributed by atoms with van der Waals surface area (Å²) in [6.45, 7) is 1.43. The Morgan fingerprint density at radius 1 is 1.25 bits per heavy atom. The van der Waals surface area contributed by atoms with Gasteiger partial charge in [0.25, 0.3) is 5.69 Å². The summed E-state index contributed by atoms with van der Waals surface area (Å²) in [6.07, 6.45) is 0. The molecule has 1 atom stereocenters. The van der Waals surface area contributed by atoms with Crippen molar-refractivity contribution in [3.05, 3.63) is 69.8 Å². The molecule has 8 heteroatoms. The molecule has 0 aliphatic carbocycles. The molecule has 1 amide bonds. The van der Waals surface area contributed by atoms with Gasteiger partial charge in [-0.3, -0.25) is 14.9 Å². The van der Waals surface area contributed by atoms with E-state index in [-0.39, 0.29) is 17.8 Å². The normalized spacial score (nSPS) is 11.6. The first-order chi connectivity index (χ1) is 11.4. The van der Waals surface area contributed by atoms with Gasteiger partial charge >= 0.3 is 0 Å². The lowest BCUT2D eigenvalue weighted by atomic mass is 10.1. The highest BCUT2D eigenvalue weighted by Crippen LogP contribution is 2.18. The predicted molar refractivity (Wildman–Crippen MR) is 84.5 cm³/mol. The molecule has 0 saturated heterocycles. The van der Waals surface area contributed by atoms with Gasteiger partial charge in [0.05, 0.1) is 17.5 Å². The molecule has 2 aromatic carbocycles. The highest BCUT2D eigenvalue weighted by atomic mass is 19.1. The van der Waals surface area contributed by atoms with Gasteiger partial charge in [0.15, 0.2) is 0 Å². The second-order valence-corrected chi connectivity index (χ2v) is 5.12. The van der Waals surface area contributed by atoms with Crippen molar-refractivity contribution in [3.63, 3.8) is 0 Å². The molecule has 0 aliphatic heterocycles. The molecule has 0 spiro atoms. The number of nitrogens with one attached hydrogen (secondary N) is 2. The molecule has 6 nitrogen and oxygen atoms in total. The third-order valence-corrected chi connectivity index (χ3v) is 3.32. The predicted octanol–water partition coefficient (Wildman–Crippen LogP) is 3.16. The van der Waals surface area contributed by atoms with Crippen LogP contribution in [0, 0.1) is 21.7 Å². The number of anilines is 1. The number of nitro groups is 1. The van der Waals surface area contributed by atoms with Gasteiger partial charge in [-0.25, -0.2) is 8.78 Å². The lowest BCUT2D eigenvalue weighted by molar-refractivity contribution is -0.384. The van der Waals surface area contributed by atoms with Crippen LogP contribution in [-0.4, -0.2) is 17.4 Å². The Balaban J connectivity index is 1.93. The lowest BCUT2D eigenvalue weighted by Crippen LogP contribution is -2.32. The lowest BCUT2D eigenvalue weighted by Gasteiger charge is -2.15. The van der Waals surface area contributed by atoms with Crippen molar-refractivity contribution in [1.29, 1.82) is 0 Å². The largest absolute Gasteiger partial charge is 0.376 e. The molecule has 2 N–H and O–H groups in total. The standard InChI is InChI=1S/C16H15F2N3O3/c1-10(14-6-5-11(17)7-15(14)18)20-16(22)9-19-12-3-2-4-13(8-12)21(23)24/h2-8,10,19H,9H2,1H3,(H,20,22)/t10-/m1/s1. The molecule has 2 aromatic rings. The summed E-state index contributed by atoms with van der Waals surface area (Å²) < 4.78 is 26.5. The van der Waals surface area contributed by atoms with Gasteiger partial charge in [-0.1, -0.05) is 12.1 Å². The summed E-state index contributed by atoms with van der Waals surface area (Å²) in [5.74, 6) is -1.87. The van der Waals surface area contributed by atoms with Crippen LogP contribution >= 0.6 is 0 Å². The second kappa shape index (κ2) is 7.49. The van der Waals surface area contributed by atoms with Crippen molar-refractivity contribution in [2.45, 2.75) is 13.0 Å². The number of non-ortho nitro benzene ring substituents is 1. The Morgan fingerprint density at radius 2 is 2.00 bits per heavy atom. The van der Waals surface area contributed by atoms with Crippen LogP contribution in [0.4, 0.5) is 20.2 Å². The van der Waals surface area contributed by atoms with Crippen molar-refractivity contribution in [2.24, 2.45) is 0 Å². The van der Waals surface area contributed by atoms with Crippen LogP contribution in [0.2, 0.25) is 0 Å². The average molecular weight is 335 g/mol. The zero-order valence-corrected chi connectivity index (χ0v) is 12.8. The van der Waals surface area contributed by atoms with Crippen molar-refractivity contribution in [1.82, 2.24) is 5.32 Å². The first-order valence-corrected chi connectivity index (χ1v) is 7.09. The molecule has 0 fully saturated rings. The summed E-state index contributed by atoms with van der Waals surface area (Å²) in [7, 11) is 0. The molecule has 0 heterocycles. The molecule has 0 bridgehead atoms.